The molecule has 7 heteroatoms. The molecule has 0 spiro atoms. The molecule has 0 aromatic heterocycles. The summed E-state index contributed by atoms with van der Waals surface area (Å²) in [6.07, 6.45) is 4.55. The average molecular weight is 399 g/mol. The van der Waals surface area contributed by atoms with Gasteiger partial charge < -0.3 is 9.64 Å². The number of hydrazine groups is 1. The highest BCUT2D eigenvalue weighted by Gasteiger charge is 2.51. The summed E-state index contributed by atoms with van der Waals surface area (Å²) in [6.45, 7) is 4.70. The fourth-order valence-corrected chi connectivity index (χ4v) is 5.34. The van der Waals surface area contributed by atoms with Gasteiger partial charge in [-0.15, -0.1) is 0 Å². The Morgan fingerprint density at radius 3 is 2.62 bits per heavy atom. The van der Waals surface area contributed by atoms with Gasteiger partial charge in [0.15, 0.2) is 0 Å². The Morgan fingerprint density at radius 1 is 1.10 bits per heavy atom. The van der Waals surface area contributed by atoms with Gasteiger partial charge in [0, 0.05) is 39.3 Å². The van der Waals surface area contributed by atoms with E-state index in [9.17, 15) is 9.59 Å². The van der Waals surface area contributed by atoms with E-state index in [-0.39, 0.29) is 35.8 Å². The second-order valence-electron chi connectivity index (χ2n) is 8.76. The number of fused-ring (bicyclic) bond motifs is 1. The molecule has 0 radical (unpaired) electrons. The Morgan fingerprint density at radius 2 is 1.90 bits per heavy atom. The smallest absolute Gasteiger partial charge is 0.247 e. The van der Waals surface area contributed by atoms with Crippen molar-refractivity contribution in [1.82, 2.24) is 15.2 Å². The number of nitrogens with zero attached hydrogens (tertiary/aromatic N) is 3. The molecule has 4 unspecified atom stereocenters. The zero-order chi connectivity index (χ0) is 19.8. The molecule has 0 bridgehead atoms. The molecule has 4 atom stereocenters. The summed E-state index contributed by atoms with van der Waals surface area (Å²) in [5, 5.41) is 1.66. The number of likely N-dealkylation sites (tertiary alicyclic amines) is 2. The molecule has 1 aromatic rings. The van der Waals surface area contributed by atoms with Crippen LogP contribution < -0.4 is 10.4 Å². The number of hydrogen-bond donors (Lipinski definition) is 1. The predicted molar refractivity (Wildman–Crippen MR) is 109 cm³/mol. The Kier molecular flexibility index (Phi) is 5.28. The number of hydrogen-bond acceptors (Lipinski definition) is 5. The van der Waals surface area contributed by atoms with Gasteiger partial charge >= 0.3 is 0 Å². The van der Waals surface area contributed by atoms with E-state index in [4.69, 9.17) is 4.74 Å². The number of amides is 2. The minimum absolute atomic E-state index is 0.0671. The first kappa shape index (κ1) is 19.0. The van der Waals surface area contributed by atoms with E-state index in [1.54, 1.807) is 5.01 Å². The number of carbonyl (C=O) groups excluding carboxylic acids is 2. The monoisotopic (exact) mass is 398 g/mol. The van der Waals surface area contributed by atoms with Gasteiger partial charge in [-0.05, 0) is 37.8 Å². The van der Waals surface area contributed by atoms with E-state index in [1.165, 1.54) is 0 Å². The van der Waals surface area contributed by atoms with Crippen molar-refractivity contribution in [3.63, 3.8) is 0 Å². The second kappa shape index (κ2) is 8.05. The van der Waals surface area contributed by atoms with Crippen LogP contribution in [0.25, 0.3) is 0 Å². The normalized spacial score (nSPS) is 32.8. The molecule has 4 fully saturated rings. The number of ether oxygens (including phenoxy) is 1. The van der Waals surface area contributed by atoms with Crippen LogP contribution in [0.1, 0.15) is 25.7 Å². The van der Waals surface area contributed by atoms with Crippen LogP contribution in [0.4, 0.5) is 5.69 Å². The SMILES string of the molecule is O=C(C1CN(CC2CCCO2)CC2C(=O)N(c3ccccc3)NC12)N1CCCC1. The van der Waals surface area contributed by atoms with Gasteiger partial charge in [-0.25, -0.2) is 10.4 Å². The van der Waals surface area contributed by atoms with Crippen molar-refractivity contribution in [3.05, 3.63) is 30.3 Å². The highest BCUT2D eigenvalue weighted by atomic mass is 16.5. The molecule has 0 saturated carbocycles. The Labute approximate surface area is 171 Å². The van der Waals surface area contributed by atoms with Crippen molar-refractivity contribution < 1.29 is 14.3 Å². The van der Waals surface area contributed by atoms with Crippen LogP contribution in [0.3, 0.4) is 0 Å². The molecular formula is C22H30N4O3. The van der Waals surface area contributed by atoms with Gasteiger partial charge in [0.1, 0.15) is 0 Å². The molecule has 1 N–H and O–H groups in total. The quantitative estimate of drug-likeness (QED) is 0.827. The molecule has 4 aliphatic rings. The number of carbonyl (C=O) groups is 2. The lowest BCUT2D eigenvalue weighted by Crippen LogP contribution is -2.58. The van der Waals surface area contributed by atoms with E-state index in [0.29, 0.717) is 13.1 Å². The summed E-state index contributed by atoms with van der Waals surface area (Å²) in [6, 6.07) is 9.54. The average Bonchev–Trinajstić information content (AvgIpc) is 3.50. The van der Waals surface area contributed by atoms with Crippen LogP contribution in [0.15, 0.2) is 30.3 Å². The van der Waals surface area contributed by atoms with Crippen molar-refractivity contribution >= 4 is 17.5 Å². The van der Waals surface area contributed by atoms with E-state index >= 15 is 0 Å². The van der Waals surface area contributed by atoms with Gasteiger partial charge in [-0.3, -0.25) is 14.5 Å². The highest BCUT2D eigenvalue weighted by Crippen LogP contribution is 2.33. The zero-order valence-corrected chi connectivity index (χ0v) is 16.8. The summed E-state index contributed by atoms with van der Waals surface area (Å²) >= 11 is 0. The van der Waals surface area contributed by atoms with Gasteiger partial charge in [0.25, 0.3) is 0 Å². The molecule has 29 heavy (non-hydrogen) atoms. The predicted octanol–water partition coefficient (Wildman–Crippen LogP) is 1.26. The topological polar surface area (TPSA) is 65.1 Å². The summed E-state index contributed by atoms with van der Waals surface area (Å²) in [4.78, 5) is 31.0. The van der Waals surface area contributed by atoms with Crippen LogP contribution in [-0.4, -0.2) is 73.1 Å². The summed E-state index contributed by atoms with van der Waals surface area (Å²) in [5.41, 5.74) is 4.24. The molecule has 2 amide bonds. The van der Waals surface area contributed by atoms with Crippen molar-refractivity contribution in [2.75, 3.05) is 44.3 Å². The van der Waals surface area contributed by atoms with E-state index < -0.39 is 0 Å². The summed E-state index contributed by atoms with van der Waals surface area (Å²) in [5.74, 6) is -0.143. The molecule has 7 nitrogen and oxygen atoms in total. The summed E-state index contributed by atoms with van der Waals surface area (Å²) in [7, 11) is 0. The first-order valence-electron chi connectivity index (χ1n) is 11.0. The first-order chi connectivity index (χ1) is 14.2. The van der Waals surface area contributed by atoms with Gasteiger partial charge in [0.2, 0.25) is 11.8 Å². The Balaban J connectivity index is 1.39. The Bertz CT molecular complexity index is 746. The number of benzene rings is 1. The maximum absolute atomic E-state index is 13.4. The van der Waals surface area contributed by atoms with Gasteiger partial charge in [0.05, 0.1) is 29.7 Å². The van der Waals surface area contributed by atoms with Crippen molar-refractivity contribution in [2.24, 2.45) is 11.8 Å². The third-order valence-electron chi connectivity index (χ3n) is 6.83. The third-order valence-corrected chi connectivity index (χ3v) is 6.83. The van der Waals surface area contributed by atoms with E-state index in [1.807, 2.05) is 35.2 Å². The van der Waals surface area contributed by atoms with Crippen LogP contribution in [-0.2, 0) is 14.3 Å². The lowest BCUT2D eigenvalue weighted by atomic mass is 9.83. The third kappa shape index (κ3) is 3.67. The summed E-state index contributed by atoms with van der Waals surface area (Å²) < 4.78 is 5.83. The van der Waals surface area contributed by atoms with Crippen molar-refractivity contribution in [2.45, 2.75) is 37.8 Å². The number of piperidine rings is 1. The molecule has 4 heterocycles. The number of nitrogens with one attached hydrogen (secondary N) is 1. The lowest BCUT2D eigenvalue weighted by molar-refractivity contribution is -0.139. The molecular weight excluding hydrogens is 368 g/mol. The fraction of sp³-hybridized carbons (Fsp3) is 0.636. The van der Waals surface area contributed by atoms with Crippen LogP contribution in [0.2, 0.25) is 0 Å². The molecule has 1 aromatic carbocycles. The highest BCUT2D eigenvalue weighted by molar-refractivity contribution is 5.98. The zero-order valence-electron chi connectivity index (χ0n) is 16.8. The number of para-hydroxylation sites is 1. The first-order valence-corrected chi connectivity index (χ1v) is 11.0. The van der Waals surface area contributed by atoms with E-state index in [0.717, 1.165) is 57.6 Å². The largest absolute Gasteiger partial charge is 0.377 e. The van der Waals surface area contributed by atoms with Gasteiger partial charge in [-0.2, -0.15) is 0 Å². The van der Waals surface area contributed by atoms with E-state index in [2.05, 4.69) is 10.3 Å². The molecule has 5 rings (SSSR count). The van der Waals surface area contributed by atoms with Gasteiger partial charge in [-0.1, -0.05) is 18.2 Å². The van der Waals surface area contributed by atoms with Crippen LogP contribution in [0.5, 0.6) is 0 Å². The molecule has 156 valence electrons. The molecule has 4 saturated heterocycles. The molecule has 0 aliphatic carbocycles. The Hall–Kier alpha value is -1.96. The van der Waals surface area contributed by atoms with Crippen LogP contribution in [0, 0.1) is 11.8 Å². The fourth-order valence-electron chi connectivity index (χ4n) is 5.34. The minimum atomic E-state index is -0.207. The standard InChI is InChI=1S/C22H30N4O3/c27-21(25-10-4-5-11-25)18-14-24(13-17-9-6-12-29-17)15-19-20(18)23-26(22(19)28)16-7-2-1-3-8-16/h1-3,7-8,17-20,23H,4-6,9-15H2. The molecule has 4 aliphatic heterocycles. The van der Waals surface area contributed by atoms with Crippen molar-refractivity contribution in [1.29, 1.82) is 0 Å². The minimum Gasteiger partial charge on any atom is -0.377 e. The maximum atomic E-state index is 13.4. The lowest BCUT2D eigenvalue weighted by Gasteiger charge is -2.40. The van der Waals surface area contributed by atoms with Crippen molar-refractivity contribution in [3.8, 4) is 0 Å². The number of anilines is 1. The second-order valence-corrected chi connectivity index (χ2v) is 8.76. The van der Waals surface area contributed by atoms with Crippen LogP contribution >= 0.6 is 0 Å². The maximum Gasteiger partial charge on any atom is 0.247 e. The number of rotatable bonds is 4.